The van der Waals surface area contributed by atoms with Gasteiger partial charge in [-0.25, -0.2) is 4.39 Å². The van der Waals surface area contributed by atoms with Crippen molar-refractivity contribution in [1.29, 1.82) is 0 Å². The third-order valence-corrected chi connectivity index (χ3v) is 6.25. The van der Waals surface area contributed by atoms with E-state index in [-0.39, 0.29) is 17.8 Å². The number of ether oxygens (including phenoxy) is 2. The summed E-state index contributed by atoms with van der Waals surface area (Å²) in [6.45, 7) is 3.84. The summed E-state index contributed by atoms with van der Waals surface area (Å²) < 4.78 is 24.9. The first-order valence-corrected chi connectivity index (χ1v) is 11.7. The Morgan fingerprint density at radius 1 is 1.00 bits per heavy atom. The zero-order valence-corrected chi connectivity index (χ0v) is 19.9. The van der Waals surface area contributed by atoms with Gasteiger partial charge in [-0.05, 0) is 59.7 Å². The summed E-state index contributed by atoms with van der Waals surface area (Å²) in [5, 5.41) is 0.684. The van der Waals surface area contributed by atoms with E-state index < -0.39 is 0 Å². The predicted molar refractivity (Wildman–Crippen MR) is 131 cm³/mol. The van der Waals surface area contributed by atoms with Gasteiger partial charge in [0.05, 0.1) is 19.8 Å². The lowest BCUT2D eigenvalue weighted by Crippen LogP contribution is -2.49. The zero-order valence-electron chi connectivity index (χ0n) is 19.1. The number of halogens is 2. The standard InChI is InChI=1S/C27H28ClFN2O3/c1-33-25-4-2-3-20(17-25)19-34-26(21-5-9-23(28)10-6-21)18-30-13-15-31(16-14-30)27(32)22-7-11-24(29)12-8-22/h2-12,17,26H,13-16,18-19H2,1H3/t26-/m1/s1. The quantitative estimate of drug-likeness (QED) is 0.442. The summed E-state index contributed by atoms with van der Waals surface area (Å²) in [6, 6.07) is 21.3. The molecule has 5 nitrogen and oxygen atoms in total. The van der Waals surface area contributed by atoms with Crippen LogP contribution >= 0.6 is 11.6 Å². The van der Waals surface area contributed by atoms with Crippen LogP contribution in [-0.2, 0) is 11.3 Å². The Bertz CT molecular complexity index is 1080. The highest BCUT2D eigenvalue weighted by Crippen LogP contribution is 2.24. The van der Waals surface area contributed by atoms with Gasteiger partial charge in [-0.15, -0.1) is 0 Å². The molecule has 1 heterocycles. The summed E-state index contributed by atoms with van der Waals surface area (Å²) in [4.78, 5) is 16.9. The number of carbonyl (C=O) groups excluding carboxylic acids is 1. The molecule has 1 amide bonds. The second-order valence-corrected chi connectivity index (χ2v) is 8.74. The molecule has 1 atom stereocenters. The maximum Gasteiger partial charge on any atom is 0.253 e. The van der Waals surface area contributed by atoms with E-state index in [4.69, 9.17) is 21.1 Å². The molecule has 0 radical (unpaired) electrons. The van der Waals surface area contributed by atoms with E-state index in [1.54, 1.807) is 7.11 Å². The van der Waals surface area contributed by atoms with Crippen molar-refractivity contribution in [2.24, 2.45) is 0 Å². The molecule has 1 aliphatic rings. The Hall–Kier alpha value is -2.93. The van der Waals surface area contributed by atoms with Gasteiger partial charge in [0.1, 0.15) is 11.6 Å². The fraction of sp³-hybridized carbons (Fsp3) is 0.296. The molecule has 4 rings (SSSR count). The first-order valence-electron chi connectivity index (χ1n) is 11.3. The molecule has 1 saturated heterocycles. The molecule has 3 aromatic carbocycles. The highest BCUT2D eigenvalue weighted by molar-refractivity contribution is 6.30. The Balaban J connectivity index is 1.38. The zero-order chi connectivity index (χ0) is 23.9. The van der Waals surface area contributed by atoms with E-state index >= 15 is 0 Å². The van der Waals surface area contributed by atoms with Crippen molar-refractivity contribution in [1.82, 2.24) is 9.80 Å². The first-order chi connectivity index (χ1) is 16.5. The number of hydrogen-bond donors (Lipinski definition) is 0. The molecule has 178 valence electrons. The lowest BCUT2D eigenvalue weighted by atomic mass is 10.1. The van der Waals surface area contributed by atoms with E-state index in [2.05, 4.69) is 4.90 Å². The number of nitrogens with zero attached hydrogens (tertiary/aromatic N) is 2. The number of methoxy groups -OCH3 is 1. The van der Waals surface area contributed by atoms with Crippen LogP contribution in [0.25, 0.3) is 0 Å². The van der Waals surface area contributed by atoms with Crippen LogP contribution in [-0.4, -0.2) is 55.5 Å². The highest BCUT2D eigenvalue weighted by Gasteiger charge is 2.25. The average Bonchev–Trinajstić information content (AvgIpc) is 2.87. The highest BCUT2D eigenvalue weighted by atomic mass is 35.5. The SMILES string of the molecule is COc1cccc(CO[C@H](CN2CCN(C(=O)c3ccc(F)cc3)CC2)c2ccc(Cl)cc2)c1. The van der Waals surface area contributed by atoms with E-state index in [9.17, 15) is 9.18 Å². The Kier molecular flexibility index (Phi) is 8.16. The van der Waals surface area contributed by atoms with Gasteiger partial charge in [0, 0.05) is 43.3 Å². The second kappa shape index (κ2) is 11.5. The number of benzene rings is 3. The topological polar surface area (TPSA) is 42.0 Å². The van der Waals surface area contributed by atoms with Crippen molar-refractivity contribution < 1.29 is 18.7 Å². The van der Waals surface area contributed by atoms with Gasteiger partial charge < -0.3 is 14.4 Å². The Morgan fingerprint density at radius 2 is 1.71 bits per heavy atom. The number of rotatable bonds is 8. The molecule has 0 saturated carbocycles. The van der Waals surface area contributed by atoms with Gasteiger partial charge in [0.25, 0.3) is 5.91 Å². The fourth-order valence-corrected chi connectivity index (χ4v) is 4.16. The second-order valence-electron chi connectivity index (χ2n) is 8.30. The number of carbonyl (C=O) groups is 1. The van der Waals surface area contributed by atoms with Crippen LogP contribution in [0.3, 0.4) is 0 Å². The summed E-state index contributed by atoms with van der Waals surface area (Å²) in [7, 11) is 1.65. The number of hydrogen-bond acceptors (Lipinski definition) is 4. The molecule has 0 unspecified atom stereocenters. The van der Waals surface area contributed by atoms with Crippen LogP contribution in [0.5, 0.6) is 5.75 Å². The average molecular weight is 483 g/mol. The molecule has 1 aliphatic heterocycles. The van der Waals surface area contributed by atoms with Gasteiger partial charge in [-0.3, -0.25) is 9.69 Å². The minimum absolute atomic E-state index is 0.0665. The monoisotopic (exact) mass is 482 g/mol. The summed E-state index contributed by atoms with van der Waals surface area (Å²) in [5.41, 5.74) is 2.60. The Morgan fingerprint density at radius 3 is 2.38 bits per heavy atom. The largest absolute Gasteiger partial charge is 0.497 e. The molecule has 34 heavy (non-hydrogen) atoms. The molecule has 0 aromatic heterocycles. The molecule has 0 bridgehead atoms. The summed E-state index contributed by atoms with van der Waals surface area (Å²) in [6.07, 6.45) is -0.150. The maximum absolute atomic E-state index is 13.2. The third kappa shape index (κ3) is 6.35. The van der Waals surface area contributed by atoms with E-state index in [1.165, 1.54) is 24.3 Å². The van der Waals surface area contributed by atoms with E-state index in [1.807, 2.05) is 53.4 Å². The predicted octanol–water partition coefficient (Wildman–Crippen LogP) is 5.20. The number of piperazine rings is 1. The van der Waals surface area contributed by atoms with Crippen LogP contribution in [0, 0.1) is 5.82 Å². The fourth-order valence-electron chi connectivity index (χ4n) is 4.03. The Labute approximate surface area is 204 Å². The van der Waals surface area contributed by atoms with Gasteiger partial charge in [0.2, 0.25) is 0 Å². The van der Waals surface area contributed by atoms with Crippen LogP contribution in [0.4, 0.5) is 4.39 Å². The molecule has 7 heteroatoms. The molecular formula is C27H28ClFN2O3. The molecular weight excluding hydrogens is 455 g/mol. The van der Waals surface area contributed by atoms with Crippen LogP contribution in [0.1, 0.15) is 27.6 Å². The first kappa shape index (κ1) is 24.2. The lowest BCUT2D eigenvalue weighted by Gasteiger charge is -2.36. The smallest absolute Gasteiger partial charge is 0.253 e. The van der Waals surface area contributed by atoms with Crippen molar-refractivity contribution >= 4 is 17.5 Å². The van der Waals surface area contributed by atoms with Crippen molar-refractivity contribution in [2.45, 2.75) is 12.7 Å². The van der Waals surface area contributed by atoms with E-state index in [0.29, 0.717) is 36.8 Å². The number of amides is 1. The molecule has 0 spiro atoms. The molecule has 3 aromatic rings. The summed E-state index contributed by atoms with van der Waals surface area (Å²) in [5.74, 6) is 0.387. The van der Waals surface area contributed by atoms with Crippen LogP contribution < -0.4 is 4.74 Å². The lowest BCUT2D eigenvalue weighted by molar-refractivity contribution is 0.00337. The molecule has 0 N–H and O–H groups in total. The van der Waals surface area contributed by atoms with Gasteiger partial charge >= 0.3 is 0 Å². The van der Waals surface area contributed by atoms with Crippen molar-refractivity contribution in [3.05, 3.63) is 100 Å². The minimum atomic E-state index is -0.344. The van der Waals surface area contributed by atoms with Crippen LogP contribution in [0.2, 0.25) is 5.02 Å². The summed E-state index contributed by atoms with van der Waals surface area (Å²) >= 11 is 6.10. The van der Waals surface area contributed by atoms with Crippen molar-refractivity contribution in [3.8, 4) is 5.75 Å². The van der Waals surface area contributed by atoms with Gasteiger partial charge in [-0.1, -0.05) is 35.9 Å². The molecule has 1 fully saturated rings. The normalized spacial score (nSPS) is 15.2. The van der Waals surface area contributed by atoms with Crippen LogP contribution in [0.15, 0.2) is 72.8 Å². The van der Waals surface area contributed by atoms with Crippen molar-refractivity contribution in [3.63, 3.8) is 0 Å². The van der Waals surface area contributed by atoms with Gasteiger partial charge in [0.15, 0.2) is 0 Å². The minimum Gasteiger partial charge on any atom is -0.497 e. The maximum atomic E-state index is 13.2. The third-order valence-electron chi connectivity index (χ3n) is 6.00. The van der Waals surface area contributed by atoms with E-state index in [0.717, 1.165) is 30.0 Å². The van der Waals surface area contributed by atoms with Gasteiger partial charge in [-0.2, -0.15) is 0 Å². The van der Waals surface area contributed by atoms with Crippen molar-refractivity contribution in [2.75, 3.05) is 39.8 Å². The molecule has 0 aliphatic carbocycles.